The summed E-state index contributed by atoms with van der Waals surface area (Å²) in [5, 5.41) is 11.5. The first kappa shape index (κ1) is 30.4. The fraction of sp³-hybridized carbons (Fsp3) is 0.588. The third-order valence-corrected chi connectivity index (χ3v) is 12.2. The Morgan fingerprint density at radius 2 is 1.91 bits per heavy atom. The minimum absolute atomic E-state index is 0.0365. The van der Waals surface area contributed by atoms with Gasteiger partial charge in [0, 0.05) is 41.4 Å². The third kappa shape index (κ3) is 4.50. The molecule has 8 nitrogen and oxygen atoms in total. The zero-order valence-electron chi connectivity index (χ0n) is 26.3. The Labute approximate surface area is 278 Å². The largest absolute Gasteiger partial charge is 0.444 e. The van der Waals surface area contributed by atoms with Gasteiger partial charge in [0.25, 0.3) is 5.91 Å². The smallest absolute Gasteiger partial charge is 0.410 e. The summed E-state index contributed by atoms with van der Waals surface area (Å²) in [7, 11) is 0. The summed E-state index contributed by atoms with van der Waals surface area (Å²) in [4.78, 5) is 35.5. The minimum atomic E-state index is -1.78. The summed E-state index contributed by atoms with van der Waals surface area (Å²) in [6.45, 7) is 6.11. The number of hydrogen-bond donors (Lipinski definition) is 0. The first-order valence-corrected chi connectivity index (χ1v) is 18.1. The molecule has 0 N–H and O–H groups in total. The number of piperidine rings is 1. The lowest BCUT2D eigenvalue weighted by Crippen LogP contribution is -2.45. The summed E-state index contributed by atoms with van der Waals surface area (Å²) in [5.41, 5.74) is 0.209. The SMILES string of the molecule is CSc1nc2c(F)c(Br)c(CCC#N)cc2c2c1cc([C@H]1C[C@H]3C[C@H]3N1C(=O)C1(F)CC1)n2[C@H]1[C@@H]2C[C@H]1N(C(=O)OC(C)(C)C)C2. The van der Waals surface area contributed by atoms with Gasteiger partial charge in [0.15, 0.2) is 11.5 Å². The molecular formula is C34H36BrF2N5O3S. The van der Waals surface area contributed by atoms with Gasteiger partial charge in [-0.1, -0.05) is 0 Å². The van der Waals surface area contributed by atoms with Crippen molar-refractivity contribution >= 4 is 61.5 Å². The van der Waals surface area contributed by atoms with Crippen LogP contribution in [0.5, 0.6) is 0 Å². The highest BCUT2D eigenvalue weighted by Gasteiger charge is 2.63. The van der Waals surface area contributed by atoms with Crippen molar-refractivity contribution in [1.29, 1.82) is 5.26 Å². The molecule has 12 heteroatoms. The number of likely N-dealkylation sites (tertiary alicyclic amines) is 1. The molecule has 3 aliphatic heterocycles. The fourth-order valence-electron chi connectivity index (χ4n) is 8.28. The highest BCUT2D eigenvalue weighted by atomic mass is 79.9. The lowest BCUT2D eigenvalue weighted by Gasteiger charge is -2.41. The van der Waals surface area contributed by atoms with Crippen molar-refractivity contribution in [3.05, 3.63) is 33.7 Å². The van der Waals surface area contributed by atoms with E-state index >= 15 is 8.78 Å². The zero-order chi connectivity index (χ0) is 32.4. The van der Waals surface area contributed by atoms with Crippen molar-refractivity contribution in [2.24, 2.45) is 11.8 Å². The number of carbonyl (C=O) groups excluding carboxylic acids is 2. The van der Waals surface area contributed by atoms with Gasteiger partial charge in [0.1, 0.15) is 16.1 Å². The van der Waals surface area contributed by atoms with Gasteiger partial charge in [0.2, 0.25) is 0 Å². The predicted molar refractivity (Wildman–Crippen MR) is 174 cm³/mol. The second kappa shape index (κ2) is 10.3. The van der Waals surface area contributed by atoms with Crippen LogP contribution in [-0.4, -0.2) is 67.5 Å². The van der Waals surface area contributed by atoms with Crippen LogP contribution < -0.4 is 0 Å². The van der Waals surface area contributed by atoms with Crippen LogP contribution in [0.2, 0.25) is 0 Å². The molecule has 6 fully saturated rings. The van der Waals surface area contributed by atoms with Crippen molar-refractivity contribution < 1.29 is 23.1 Å². The van der Waals surface area contributed by atoms with Gasteiger partial charge in [-0.2, -0.15) is 5.26 Å². The van der Waals surface area contributed by atoms with Crippen LogP contribution in [0.4, 0.5) is 13.6 Å². The second-order valence-corrected chi connectivity index (χ2v) is 16.3. The summed E-state index contributed by atoms with van der Waals surface area (Å²) < 4.78 is 39.9. The van der Waals surface area contributed by atoms with E-state index in [1.165, 1.54) is 11.8 Å². The maximum atomic E-state index is 16.1. The topological polar surface area (TPSA) is 91.5 Å². The number of alkyl halides is 1. The number of halogens is 3. The summed E-state index contributed by atoms with van der Waals surface area (Å²) >= 11 is 4.87. The van der Waals surface area contributed by atoms with Crippen molar-refractivity contribution in [1.82, 2.24) is 19.4 Å². The lowest BCUT2D eigenvalue weighted by atomic mass is 9.79. The number of aryl methyl sites for hydroxylation is 1. The van der Waals surface area contributed by atoms with Crippen LogP contribution in [0.15, 0.2) is 21.6 Å². The highest BCUT2D eigenvalue weighted by molar-refractivity contribution is 9.10. The highest BCUT2D eigenvalue weighted by Crippen LogP contribution is 2.59. The molecule has 9 rings (SSSR count). The standard InChI is InChI=1S/C34H36BrF2N5O3S/c1-33(2,3)45-32(44)40-15-18-13-24(40)28(18)42-23(22-12-17-11-21(17)41(22)31(43)34(37)7-8-34)14-20-29(42)19-10-16(6-5-9-38)25(35)26(36)27(19)39-30(20)46-4/h10,14,17-18,21-22,24,28H,5-8,11-13,15H2,1-4H3/t17-,18-,21-,22-,24-,28+/m1/s1. The number of carbonyl (C=O) groups is 2. The molecule has 1 aromatic carbocycles. The molecule has 2 amide bonds. The van der Waals surface area contributed by atoms with Crippen molar-refractivity contribution in [3.8, 4) is 6.07 Å². The Bertz CT molecular complexity index is 1880. The molecule has 3 saturated heterocycles. The third-order valence-electron chi connectivity index (χ3n) is 10.7. The molecule has 6 atom stereocenters. The number of ether oxygens (including phenoxy) is 1. The number of benzene rings is 1. The Morgan fingerprint density at radius 1 is 1.17 bits per heavy atom. The molecule has 0 unspecified atom stereocenters. The summed E-state index contributed by atoms with van der Waals surface area (Å²) in [6.07, 6.45) is 5.15. The first-order chi connectivity index (χ1) is 21.8. The number of aromatic nitrogens is 2. The maximum absolute atomic E-state index is 16.1. The molecule has 6 aliphatic rings. The molecular weight excluding hydrogens is 676 g/mol. The van der Waals surface area contributed by atoms with Crippen LogP contribution in [0.3, 0.4) is 0 Å². The van der Waals surface area contributed by atoms with Crippen LogP contribution in [0.1, 0.15) is 82.6 Å². The summed E-state index contributed by atoms with van der Waals surface area (Å²) in [6, 6.07) is 5.64. The van der Waals surface area contributed by atoms with Crippen LogP contribution in [-0.2, 0) is 16.0 Å². The van der Waals surface area contributed by atoms with Gasteiger partial charge < -0.3 is 19.1 Å². The van der Waals surface area contributed by atoms with Gasteiger partial charge in [-0.25, -0.2) is 18.6 Å². The van der Waals surface area contributed by atoms with E-state index in [4.69, 9.17) is 9.72 Å². The number of thioether (sulfide) groups is 1. The van der Waals surface area contributed by atoms with Crippen molar-refractivity contribution in [2.75, 3.05) is 12.8 Å². The van der Waals surface area contributed by atoms with Crippen LogP contribution in [0, 0.1) is 29.0 Å². The van der Waals surface area contributed by atoms with Crippen molar-refractivity contribution in [2.45, 2.75) is 106 Å². The Morgan fingerprint density at radius 3 is 2.59 bits per heavy atom. The first-order valence-electron chi connectivity index (χ1n) is 16.1. The zero-order valence-corrected chi connectivity index (χ0v) is 28.7. The lowest BCUT2D eigenvalue weighted by molar-refractivity contribution is -0.140. The van der Waals surface area contributed by atoms with Gasteiger partial charge in [-0.3, -0.25) is 4.79 Å². The quantitative estimate of drug-likeness (QED) is 0.245. The summed E-state index contributed by atoms with van der Waals surface area (Å²) in [5.74, 6) is -0.411. The monoisotopic (exact) mass is 711 g/mol. The van der Waals surface area contributed by atoms with E-state index in [1.54, 1.807) is 0 Å². The fourth-order valence-corrected chi connectivity index (χ4v) is 9.34. The number of rotatable bonds is 6. The number of pyridine rings is 1. The second-order valence-electron chi connectivity index (χ2n) is 14.7. The molecule has 46 heavy (non-hydrogen) atoms. The average molecular weight is 713 g/mol. The number of nitriles is 1. The molecule has 2 aromatic heterocycles. The number of amides is 2. The van der Waals surface area contributed by atoms with E-state index < -0.39 is 23.0 Å². The molecule has 3 saturated carbocycles. The molecule has 2 bridgehead atoms. The molecule has 0 spiro atoms. The van der Waals surface area contributed by atoms with Crippen LogP contribution >= 0.6 is 27.7 Å². The molecule has 3 aromatic rings. The normalized spacial score (nSPS) is 28.7. The van der Waals surface area contributed by atoms with E-state index in [1.807, 2.05) is 42.9 Å². The van der Waals surface area contributed by atoms with Crippen molar-refractivity contribution in [3.63, 3.8) is 0 Å². The van der Waals surface area contributed by atoms with Gasteiger partial charge >= 0.3 is 6.09 Å². The predicted octanol–water partition coefficient (Wildman–Crippen LogP) is 7.61. The molecule has 242 valence electrons. The Balaban J connectivity index is 1.35. The van der Waals surface area contributed by atoms with E-state index in [0.29, 0.717) is 39.3 Å². The van der Waals surface area contributed by atoms with Gasteiger partial charge in [0.05, 0.1) is 34.2 Å². The number of fused-ring (bicyclic) bond motifs is 5. The molecule has 3 aliphatic carbocycles. The number of hydrogen-bond acceptors (Lipinski definition) is 6. The van der Waals surface area contributed by atoms with Crippen LogP contribution in [0.25, 0.3) is 21.8 Å². The Kier molecular flexibility index (Phi) is 6.81. The molecule has 0 radical (unpaired) electrons. The minimum Gasteiger partial charge on any atom is -0.444 e. The van der Waals surface area contributed by atoms with E-state index in [-0.39, 0.29) is 61.0 Å². The van der Waals surface area contributed by atoms with E-state index in [9.17, 15) is 14.9 Å². The van der Waals surface area contributed by atoms with Gasteiger partial charge in [-0.15, -0.1) is 11.8 Å². The Hall–Kier alpha value is -2.91. The van der Waals surface area contributed by atoms with E-state index in [0.717, 1.165) is 35.9 Å². The van der Waals surface area contributed by atoms with Gasteiger partial charge in [-0.05, 0) is 105 Å². The maximum Gasteiger partial charge on any atom is 0.410 e. The molecule has 5 heterocycles. The van der Waals surface area contributed by atoms with E-state index in [2.05, 4.69) is 32.6 Å². The average Bonchev–Trinajstić information content (AvgIpc) is 3.67. The number of nitrogens with zero attached hydrogens (tertiary/aromatic N) is 5.